The molecule has 3 atom stereocenters. The first-order valence-electron chi connectivity index (χ1n) is 10.5. The summed E-state index contributed by atoms with van der Waals surface area (Å²) in [6.45, 7) is 3.95. The number of hydrogen-bond acceptors (Lipinski definition) is 7. The molecule has 2 aliphatic heterocycles. The summed E-state index contributed by atoms with van der Waals surface area (Å²) in [4.78, 5) is 55.9. The first-order valence-corrected chi connectivity index (χ1v) is 12.2. The molecule has 9 heteroatoms. The molecule has 33 heavy (non-hydrogen) atoms. The Bertz CT molecular complexity index is 1330. The third kappa shape index (κ3) is 3.52. The number of H-pyrrole nitrogens is 1. The Morgan fingerprint density at radius 3 is 2.48 bits per heavy atom. The number of rotatable bonds is 4. The number of thiazole rings is 1. The normalized spacial score (nSPS) is 21.6. The molecule has 7 nitrogen and oxygen atoms in total. The number of nitrogens with zero attached hydrogens (tertiary/aromatic N) is 1. The average Bonchev–Trinajstić information content (AvgIpc) is 3.29. The van der Waals surface area contributed by atoms with E-state index in [0.717, 1.165) is 27.3 Å². The maximum absolute atomic E-state index is 13.7. The summed E-state index contributed by atoms with van der Waals surface area (Å²) in [5, 5.41) is 0.00440. The number of carbonyl (C=O) groups excluding carboxylic acids is 3. The minimum absolute atomic E-state index is 0.197. The van der Waals surface area contributed by atoms with Crippen LogP contribution < -0.4 is 9.77 Å². The number of nitrogens with one attached hydrogen (secondary N) is 1. The molecular formula is C24H20N2O5S2. The zero-order valence-electron chi connectivity index (χ0n) is 17.9. The molecule has 1 aromatic heterocycles. The van der Waals surface area contributed by atoms with Gasteiger partial charge in [0.15, 0.2) is 0 Å². The number of imide groups is 1. The number of esters is 1. The van der Waals surface area contributed by atoms with Crippen LogP contribution in [-0.4, -0.2) is 34.6 Å². The van der Waals surface area contributed by atoms with Crippen LogP contribution in [0.1, 0.15) is 39.2 Å². The van der Waals surface area contributed by atoms with E-state index in [1.807, 2.05) is 31.2 Å². The van der Waals surface area contributed by atoms with E-state index in [0.29, 0.717) is 16.3 Å². The summed E-state index contributed by atoms with van der Waals surface area (Å²) in [5.41, 5.74) is 2.69. The molecule has 0 bridgehead atoms. The zero-order chi connectivity index (χ0) is 23.3. The maximum Gasteiger partial charge on any atom is 0.338 e. The highest BCUT2D eigenvalue weighted by molar-refractivity contribution is 8.00. The van der Waals surface area contributed by atoms with Gasteiger partial charge in [0, 0.05) is 10.8 Å². The van der Waals surface area contributed by atoms with Crippen molar-refractivity contribution in [3.8, 4) is 0 Å². The van der Waals surface area contributed by atoms with E-state index in [1.54, 1.807) is 31.2 Å². The summed E-state index contributed by atoms with van der Waals surface area (Å²) in [6.07, 6.45) is 0. The van der Waals surface area contributed by atoms with Crippen LogP contribution in [0.4, 0.5) is 5.69 Å². The van der Waals surface area contributed by atoms with Crippen LogP contribution in [0.3, 0.4) is 0 Å². The number of anilines is 1. The van der Waals surface area contributed by atoms with Crippen LogP contribution in [0.25, 0.3) is 0 Å². The van der Waals surface area contributed by atoms with Crippen molar-refractivity contribution in [2.45, 2.75) is 30.0 Å². The molecule has 1 N–H and O–H groups in total. The number of aromatic nitrogens is 1. The number of aromatic amines is 1. The molecule has 1 saturated heterocycles. The lowest BCUT2D eigenvalue weighted by atomic mass is 9.81. The topological polar surface area (TPSA) is 96.5 Å². The van der Waals surface area contributed by atoms with Gasteiger partial charge in [0.2, 0.25) is 11.8 Å². The average molecular weight is 481 g/mol. The van der Waals surface area contributed by atoms with Crippen LogP contribution in [-0.2, 0) is 14.3 Å². The number of amides is 2. The molecule has 2 unspecified atom stereocenters. The molecule has 3 heterocycles. The quantitative estimate of drug-likeness (QED) is 0.452. The molecule has 0 aliphatic carbocycles. The third-order valence-corrected chi connectivity index (χ3v) is 8.39. The molecule has 0 radical (unpaired) electrons. The summed E-state index contributed by atoms with van der Waals surface area (Å²) < 4.78 is 5.01. The van der Waals surface area contributed by atoms with Crippen LogP contribution in [0.5, 0.6) is 0 Å². The monoisotopic (exact) mass is 480 g/mol. The van der Waals surface area contributed by atoms with Gasteiger partial charge in [-0.2, -0.15) is 0 Å². The van der Waals surface area contributed by atoms with Crippen molar-refractivity contribution < 1.29 is 19.1 Å². The Morgan fingerprint density at radius 1 is 1.06 bits per heavy atom. The second-order valence-corrected chi connectivity index (χ2v) is 10.1. The minimum atomic E-state index is -0.649. The second-order valence-electron chi connectivity index (χ2n) is 7.89. The number of ether oxygens (including phenoxy) is 1. The van der Waals surface area contributed by atoms with Crippen LogP contribution in [0.15, 0.2) is 58.4 Å². The van der Waals surface area contributed by atoms with Crippen molar-refractivity contribution in [2.24, 2.45) is 5.92 Å². The van der Waals surface area contributed by atoms with Gasteiger partial charge in [-0.05, 0) is 49.2 Å². The van der Waals surface area contributed by atoms with Crippen LogP contribution >= 0.6 is 23.1 Å². The van der Waals surface area contributed by atoms with E-state index >= 15 is 0 Å². The number of carbonyl (C=O) groups is 3. The fraction of sp³-hybridized carbons (Fsp3) is 0.250. The maximum atomic E-state index is 13.7. The molecule has 168 valence electrons. The van der Waals surface area contributed by atoms with Gasteiger partial charge in [-0.1, -0.05) is 47.4 Å². The van der Waals surface area contributed by atoms with E-state index in [9.17, 15) is 19.2 Å². The SMILES string of the molecule is CCOC(=O)c1ccc(N2C(=O)C3Sc4[nH]c(=O)sc4[C@H](c4ccccc4C)C3C2=O)cc1. The molecule has 2 aliphatic rings. The summed E-state index contributed by atoms with van der Waals surface area (Å²) in [5.74, 6) is -2.11. The lowest BCUT2D eigenvalue weighted by molar-refractivity contribution is -0.122. The van der Waals surface area contributed by atoms with Crippen molar-refractivity contribution in [3.05, 3.63) is 79.8 Å². The van der Waals surface area contributed by atoms with Gasteiger partial charge in [-0.15, -0.1) is 0 Å². The standard InChI is InChI=1S/C24H20N2O5S2/c1-3-31-23(29)13-8-10-14(11-9-13)26-21(27)17-16(15-7-5-4-6-12(15)2)18-20(25-24(30)33-18)32-19(17)22(26)28/h4-11,16-17,19H,3H2,1-2H3,(H,25,30)/t16-,17?,19?/m1/s1. The molecule has 3 aromatic rings. The minimum Gasteiger partial charge on any atom is -0.462 e. The summed E-state index contributed by atoms with van der Waals surface area (Å²) in [7, 11) is 0. The van der Waals surface area contributed by atoms with Gasteiger partial charge in [0.05, 0.1) is 28.8 Å². The molecule has 2 amide bonds. The fourth-order valence-electron chi connectivity index (χ4n) is 4.50. The van der Waals surface area contributed by atoms with E-state index in [2.05, 4.69) is 4.98 Å². The van der Waals surface area contributed by atoms with E-state index < -0.39 is 23.1 Å². The first-order chi connectivity index (χ1) is 15.9. The fourth-order valence-corrected chi connectivity index (χ4v) is 7.01. The number of thioether (sulfide) groups is 1. The lowest BCUT2D eigenvalue weighted by Crippen LogP contribution is -2.32. The molecule has 5 rings (SSSR count). The Labute approximate surface area is 197 Å². The smallest absolute Gasteiger partial charge is 0.338 e. The Morgan fingerprint density at radius 2 is 1.79 bits per heavy atom. The highest BCUT2D eigenvalue weighted by Gasteiger charge is 2.56. The molecule has 0 saturated carbocycles. The largest absolute Gasteiger partial charge is 0.462 e. The van der Waals surface area contributed by atoms with Crippen molar-refractivity contribution in [1.82, 2.24) is 4.98 Å². The van der Waals surface area contributed by atoms with Crippen molar-refractivity contribution >= 4 is 46.6 Å². The van der Waals surface area contributed by atoms with Gasteiger partial charge in [-0.3, -0.25) is 14.4 Å². The second kappa shape index (κ2) is 8.31. The predicted octanol–water partition coefficient (Wildman–Crippen LogP) is 3.72. The highest BCUT2D eigenvalue weighted by Crippen LogP contribution is 2.53. The van der Waals surface area contributed by atoms with Crippen molar-refractivity contribution in [1.29, 1.82) is 0 Å². The van der Waals surface area contributed by atoms with Gasteiger partial charge in [0.25, 0.3) is 0 Å². The lowest BCUT2D eigenvalue weighted by Gasteiger charge is -2.30. The number of aryl methyl sites for hydroxylation is 1. The number of fused-ring (bicyclic) bond motifs is 2. The van der Waals surface area contributed by atoms with E-state index in [1.165, 1.54) is 16.7 Å². The van der Waals surface area contributed by atoms with Crippen LogP contribution in [0, 0.1) is 12.8 Å². The highest BCUT2D eigenvalue weighted by atomic mass is 32.2. The Balaban J connectivity index is 1.56. The summed E-state index contributed by atoms with van der Waals surface area (Å²) >= 11 is 2.34. The number of hydrogen-bond donors (Lipinski definition) is 1. The number of benzene rings is 2. The van der Waals surface area contributed by atoms with Gasteiger partial charge in [0.1, 0.15) is 5.25 Å². The Hall–Kier alpha value is -3.17. The van der Waals surface area contributed by atoms with Crippen molar-refractivity contribution in [3.63, 3.8) is 0 Å². The van der Waals surface area contributed by atoms with Gasteiger partial charge >= 0.3 is 10.8 Å². The molecule has 1 fully saturated rings. The zero-order valence-corrected chi connectivity index (χ0v) is 19.5. The van der Waals surface area contributed by atoms with Gasteiger partial charge in [-0.25, -0.2) is 9.69 Å². The molecule has 0 spiro atoms. The third-order valence-electron chi connectivity index (χ3n) is 5.98. The predicted molar refractivity (Wildman–Crippen MR) is 126 cm³/mol. The Kier molecular flexibility index (Phi) is 5.46. The summed E-state index contributed by atoms with van der Waals surface area (Å²) in [6, 6.07) is 14.0. The molecular weight excluding hydrogens is 460 g/mol. The molecule has 2 aromatic carbocycles. The van der Waals surface area contributed by atoms with E-state index in [4.69, 9.17) is 4.74 Å². The van der Waals surface area contributed by atoms with Gasteiger partial charge < -0.3 is 9.72 Å². The van der Waals surface area contributed by atoms with Crippen LogP contribution in [0.2, 0.25) is 0 Å². The first kappa shape index (κ1) is 21.7. The van der Waals surface area contributed by atoms with E-state index in [-0.39, 0.29) is 23.3 Å². The van der Waals surface area contributed by atoms with Crippen molar-refractivity contribution in [2.75, 3.05) is 11.5 Å².